The predicted octanol–water partition coefficient (Wildman–Crippen LogP) is 1.21. The molecule has 0 aromatic carbocycles. The van der Waals surface area contributed by atoms with E-state index < -0.39 is 0 Å². The molecule has 3 saturated heterocycles. The van der Waals surface area contributed by atoms with Crippen LogP contribution in [0.3, 0.4) is 0 Å². The standard InChI is InChI=1S/C11H16N2O2/c1-2-12-10(14)9-7-3-5-8(6-4-7)13(9)11(12)15/h7-9H,2-6H2,1H3/t7?,8?,9-/m0/s1. The molecule has 3 amide bonds. The Balaban J connectivity index is 1.98. The van der Waals surface area contributed by atoms with E-state index in [0.29, 0.717) is 18.5 Å². The molecular formula is C11H16N2O2. The van der Waals surface area contributed by atoms with Gasteiger partial charge in [-0.15, -0.1) is 0 Å². The van der Waals surface area contributed by atoms with Crippen LogP contribution in [-0.4, -0.2) is 40.4 Å². The molecule has 2 bridgehead atoms. The van der Waals surface area contributed by atoms with Crippen LogP contribution in [0, 0.1) is 5.92 Å². The largest absolute Gasteiger partial charge is 0.327 e. The van der Waals surface area contributed by atoms with Gasteiger partial charge in [-0.05, 0) is 38.5 Å². The van der Waals surface area contributed by atoms with Gasteiger partial charge in [-0.25, -0.2) is 4.79 Å². The Morgan fingerprint density at radius 1 is 1.20 bits per heavy atom. The summed E-state index contributed by atoms with van der Waals surface area (Å²) in [5.41, 5.74) is 0. The molecule has 15 heavy (non-hydrogen) atoms. The summed E-state index contributed by atoms with van der Waals surface area (Å²) in [6.45, 7) is 2.39. The number of carbonyl (C=O) groups excluding carboxylic acids is 2. The first-order valence-corrected chi connectivity index (χ1v) is 5.87. The van der Waals surface area contributed by atoms with Gasteiger partial charge in [0.1, 0.15) is 6.04 Å². The lowest BCUT2D eigenvalue weighted by Crippen LogP contribution is -2.54. The maximum absolute atomic E-state index is 12.0. The third-order valence-electron chi connectivity index (χ3n) is 4.17. The van der Waals surface area contributed by atoms with Crippen molar-refractivity contribution in [3.8, 4) is 0 Å². The van der Waals surface area contributed by atoms with E-state index in [-0.39, 0.29) is 18.0 Å². The van der Waals surface area contributed by atoms with Gasteiger partial charge in [-0.3, -0.25) is 9.69 Å². The number of piperidine rings is 2. The van der Waals surface area contributed by atoms with Crippen LogP contribution in [0.4, 0.5) is 4.79 Å². The Bertz CT molecular complexity index is 291. The SMILES string of the molecule is CCN1C(=O)[C@@H]2C3CCC(CC3)N2C1=O. The molecule has 4 nitrogen and oxygen atoms in total. The Labute approximate surface area is 89.2 Å². The van der Waals surface area contributed by atoms with E-state index >= 15 is 0 Å². The summed E-state index contributed by atoms with van der Waals surface area (Å²) in [5.74, 6) is 0.486. The number of imide groups is 1. The minimum Gasteiger partial charge on any atom is -0.309 e. The first-order valence-electron chi connectivity index (χ1n) is 5.87. The molecule has 4 fully saturated rings. The van der Waals surface area contributed by atoms with Crippen molar-refractivity contribution in [1.29, 1.82) is 0 Å². The van der Waals surface area contributed by atoms with E-state index in [2.05, 4.69) is 0 Å². The second-order valence-electron chi connectivity index (χ2n) is 4.79. The van der Waals surface area contributed by atoms with Crippen LogP contribution in [0.5, 0.6) is 0 Å². The molecule has 3 aliphatic heterocycles. The average molecular weight is 208 g/mol. The zero-order valence-electron chi connectivity index (χ0n) is 8.98. The smallest absolute Gasteiger partial charge is 0.309 e. The molecule has 4 heteroatoms. The van der Waals surface area contributed by atoms with Crippen molar-refractivity contribution in [3.63, 3.8) is 0 Å². The van der Waals surface area contributed by atoms with Crippen molar-refractivity contribution in [2.45, 2.75) is 44.7 Å². The van der Waals surface area contributed by atoms with Crippen molar-refractivity contribution < 1.29 is 9.59 Å². The van der Waals surface area contributed by atoms with Gasteiger partial charge in [0.05, 0.1) is 0 Å². The number of likely N-dealkylation sites (N-methyl/N-ethyl adjacent to an activating group) is 1. The minimum atomic E-state index is -0.107. The summed E-state index contributed by atoms with van der Waals surface area (Å²) >= 11 is 0. The van der Waals surface area contributed by atoms with Crippen LogP contribution in [-0.2, 0) is 4.79 Å². The Morgan fingerprint density at radius 2 is 1.87 bits per heavy atom. The van der Waals surface area contributed by atoms with Crippen molar-refractivity contribution in [3.05, 3.63) is 0 Å². The highest BCUT2D eigenvalue weighted by molar-refractivity contribution is 6.04. The number of amides is 3. The number of hydrogen-bond acceptors (Lipinski definition) is 2. The van der Waals surface area contributed by atoms with Crippen LogP contribution in [0.15, 0.2) is 0 Å². The second kappa shape index (κ2) is 2.97. The molecule has 0 spiro atoms. The molecule has 82 valence electrons. The predicted molar refractivity (Wildman–Crippen MR) is 54.2 cm³/mol. The van der Waals surface area contributed by atoms with E-state index in [9.17, 15) is 9.59 Å². The molecule has 1 aliphatic carbocycles. The van der Waals surface area contributed by atoms with Gasteiger partial charge in [0, 0.05) is 12.6 Å². The lowest BCUT2D eigenvalue weighted by molar-refractivity contribution is -0.132. The Hall–Kier alpha value is -1.06. The monoisotopic (exact) mass is 208 g/mol. The van der Waals surface area contributed by atoms with Crippen molar-refractivity contribution in [2.24, 2.45) is 5.92 Å². The van der Waals surface area contributed by atoms with Crippen molar-refractivity contribution >= 4 is 11.9 Å². The summed E-state index contributed by atoms with van der Waals surface area (Å²) in [6, 6.07) is 0.194. The highest BCUT2D eigenvalue weighted by Gasteiger charge is 2.55. The molecule has 1 saturated carbocycles. The summed E-state index contributed by atoms with van der Waals surface area (Å²) < 4.78 is 0. The first-order chi connectivity index (χ1) is 7.24. The van der Waals surface area contributed by atoms with Crippen LogP contribution in [0.1, 0.15) is 32.6 Å². The van der Waals surface area contributed by atoms with Crippen molar-refractivity contribution in [2.75, 3.05) is 6.54 Å². The third-order valence-corrected chi connectivity index (χ3v) is 4.17. The number of hydrogen-bond donors (Lipinski definition) is 0. The van der Waals surface area contributed by atoms with Gasteiger partial charge in [0.2, 0.25) is 0 Å². The fraction of sp³-hybridized carbons (Fsp3) is 0.818. The molecule has 0 aromatic rings. The maximum Gasteiger partial charge on any atom is 0.327 e. The van der Waals surface area contributed by atoms with Crippen LogP contribution < -0.4 is 0 Å². The van der Waals surface area contributed by atoms with E-state index in [4.69, 9.17) is 0 Å². The molecule has 1 atom stereocenters. The number of fused-ring (bicyclic) bond motifs is 2. The molecule has 0 radical (unpaired) electrons. The summed E-state index contributed by atoms with van der Waals surface area (Å²) in [6.07, 6.45) is 4.44. The molecule has 0 aromatic heterocycles. The van der Waals surface area contributed by atoms with Crippen LogP contribution in [0.25, 0.3) is 0 Å². The van der Waals surface area contributed by atoms with Gasteiger partial charge in [0.15, 0.2) is 0 Å². The summed E-state index contributed by atoms with van der Waals surface area (Å²) in [4.78, 5) is 27.3. The van der Waals surface area contributed by atoms with E-state index in [1.807, 2.05) is 11.8 Å². The van der Waals surface area contributed by atoms with Gasteiger partial charge >= 0.3 is 6.03 Å². The molecule has 4 rings (SSSR count). The fourth-order valence-corrected chi connectivity index (χ4v) is 3.43. The van der Waals surface area contributed by atoms with Crippen molar-refractivity contribution in [1.82, 2.24) is 9.80 Å². The minimum absolute atomic E-state index is 0.0399. The molecule has 0 N–H and O–H groups in total. The molecular weight excluding hydrogens is 192 g/mol. The Kier molecular flexibility index (Phi) is 1.82. The summed E-state index contributed by atoms with van der Waals surface area (Å²) in [5, 5.41) is 0. The molecule has 3 heterocycles. The zero-order valence-corrected chi connectivity index (χ0v) is 8.98. The second-order valence-corrected chi connectivity index (χ2v) is 4.79. The number of urea groups is 1. The van der Waals surface area contributed by atoms with Gasteiger partial charge in [-0.1, -0.05) is 0 Å². The van der Waals surface area contributed by atoms with Gasteiger partial charge in [0.25, 0.3) is 5.91 Å². The third kappa shape index (κ3) is 1.02. The van der Waals surface area contributed by atoms with E-state index in [1.165, 1.54) is 4.90 Å². The molecule has 0 unspecified atom stereocenters. The highest BCUT2D eigenvalue weighted by Crippen LogP contribution is 2.43. The average Bonchev–Trinajstić information content (AvgIpc) is 2.55. The first kappa shape index (κ1) is 9.19. The number of nitrogens with zero attached hydrogens (tertiary/aromatic N) is 2. The number of rotatable bonds is 1. The summed E-state index contributed by atoms with van der Waals surface area (Å²) in [7, 11) is 0. The van der Waals surface area contributed by atoms with Crippen LogP contribution in [0.2, 0.25) is 0 Å². The fourth-order valence-electron chi connectivity index (χ4n) is 3.43. The highest BCUT2D eigenvalue weighted by atomic mass is 16.2. The quantitative estimate of drug-likeness (QED) is 0.608. The van der Waals surface area contributed by atoms with Gasteiger partial charge < -0.3 is 4.90 Å². The normalized spacial score (nSPS) is 38.9. The number of carbonyl (C=O) groups is 2. The van der Waals surface area contributed by atoms with E-state index in [1.54, 1.807) is 0 Å². The zero-order chi connectivity index (χ0) is 10.6. The van der Waals surface area contributed by atoms with Crippen LogP contribution >= 0.6 is 0 Å². The topological polar surface area (TPSA) is 40.6 Å². The lowest BCUT2D eigenvalue weighted by Gasteiger charge is -2.46. The maximum atomic E-state index is 12.0. The molecule has 4 aliphatic rings. The lowest BCUT2D eigenvalue weighted by atomic mass is 9.75. The van der Waals surface area contributed by atoms with E-state index in [0.717, 1.165) is 25.7 Å². The Morgan fingerprint density at radius 3 is 2.40 bits per heavy atom. The van der Waals surface area contributed by atoms with Gasteiger partial charge in [-0.2, -0.15) is 0 Å².